The Bertz CT molecular complexity index is 356. The molecule has 0 aliphatic carbocycles. The highest BCUT2D eigenvalue weighted by molar-refractivity contribution is 5.69. The van der Waals surface area contributed by atoms with Crippen LogP contribution in [-0.4, -0.2) is 44.0 Å². The SMILES string of the molecule is COC(=O)CCNCC(O)COCc1ccccc1. The topological polar surface area (TPSA) is 67.8 Å². The van der Waals surface area contributed by atoms with E-state index in [1.54, 1.807) is 0 Å². The summed E-state index contributed by atoms with van der Waals surface area (Å²) in [5.74, 6) is -0.262. The fraction of sp³-hybridized carbons (Fsp3) is 0.500. The van der Waals surface area contributed by atoms with Crippen LogP contribution in [0.2, 0.25) is 0 Å². The lowest BCUT2D eigenvalue weighted by Crippen LogP contribution is -2.31. The Kier molecular flexibility index (Phi) is 7.81. The number of aliphatic hydroxyl groups excluding tert-OH is 1. The monoisotopic (exact) mass is 267 g/mol. The van der Waals surface area contributed by atoms with E-state index in [4.69, 9.17) is 4.74 Å². The standard InChI is InChI=1S/C14H21NO4/c1-18-14(17)7-8-15-9-13(16)11-19-10-12-5-3-2-4-6-12/h2-6,13,15-16H,7-11H2,1H3. The fourth-order valence-corrected chi connectivity index (χ4v) is 1.51. The molecule has 0 spiro atoms. The van der Waals surface area contributed by atoms with Crippen LogP contribution in [0.1, 0.15) is 12.0 Å². The van der Waals surface area contributed by atoms with Crippen LogP contribution in [0.25, 0.3) is 0 Å². The van der Waals surface area contributed by atoms with Crippen molar-refractivity contribution in [2.45, 2.75) is 19.1 Å². The molecule has 0 saturated carbocycles. The van der Waals surface area contributed by atoms with Gasteiger partial charge in [0, 0.05) is 13.1 Å². The maximum Gasteiger partial charge on any atom is 0.306 e. The minimum Gasteiger partial charge on any atom is -0.469 e. The van der Waals surface area contributed by atoms with E-state index < -0.39 is 6.10 Å². The maximum absolute atomic E-state index is 10.8. The van der Waals surface area contributed by atoms with Gasteiger partial charge in [0.1, 0.15) is 0 Å². The Hall–Kier alpha value is -1.43. The number of carbonyl (C=O) groups is 1. The average molecular weight is 267 g/mol. The van der Waals surface area contributed by atoms with Crippen LogP contribution >= 0.6 is 0 Å². The van der Waals surface area contributed by atoms with Crippen molar-refractivity contribution in [1.82, 2.24) is 5.32 Å². The lowest BCUT2D eigenvalue weighted by atomic mass is 10.2. The predicted octanol–water partition coefficient (Wildman–Crippen LogP) is 0.717. The first-order chi connectivity index (χ1) is 9.22. The van der Waals surface area contributed by atoms with Crippen LogP contribution < -0.4 is 5.32 Å². The molecule has 1 aromatic carbocycles. The number of benzene rings is 1. The molecule has 19 heavy (non-hydrogen) atoms. The van der Waals surface area contributed by atoms with Gasteiger partial charge < -0.3 is 19.9 Å². The van der Waals surface area contributed by atoms with Crippen molar-refractivity contribution < 1.29 is 19.4 Å². The van der Waals surface area contributed by atoms with Crippen LogP contribution in [0.5, 0.6) is 0 Å². The lowest BCUT2D eigenvalue weighted by molar-refractivity contribution is -0.140. The number of hydrogen-bond acceptors (Lipinski definition) is 5. The highest BCUT2D eigenvalue weighted by atomic mass is 16.5. The van der Waals surface area contributed by atoms with Crippen molar-refractivity contribution in [1.29, 1.82) is 0 Å². The van der Waals surface area contributed by atoms with Gasteiger partial charge in [-0.3, -0.25) is 4.79 Å². The number of ether oxygens (including phenoxy) is 2. The van der Waals surface area contributed by atoms with Gasteiger partial charge in [-0.25, -0.2) is 0 Å². The molecular formula is C14H21NO4. The summed E-state index contributed by atoms with van der Waals surface area (Å²) in [6.45, 7) is 1.63. The summed E-state index contributed by atoms with van der Waals surface area (Å²) in [4.78, 5) is 10.8. The molecule has 0 bridgehead atoms. The number of carbonyl (C=O) groups excluding carboxylic acids is 1. The molecule has 5 nitrogen and oxygen atoms in total. The number of aliphatic hydroxyl groups is 1. The first-order valence-corrected chi connectivity index (χ1v) is 6.29. The maximum atomic E-state index is 10.8. The number of methoxy groups -OCH3 is 1. The van der Waals surface area contributed by atoms with Gasteiger partial charge in [0.15, 0.2) is 0 Å². The van der Waals surface area contributed by atoms with Crippen molar-refractivity contribution in [3.05, 3.63) is 35.9 Å². The molecule has 0 aromatic heterocycles. The lowest BCUT2D eigenvalue weighted by Gasteiger charge is -2.12. The van der Waals surface area contributed by atoms with Crippen LogP contribution in [0.3, 0.4) is 0 Å². The Morgan fingerprint density at radius 1 is 1.37 bits per heavy atom. The van der Waals surface area contributed by atoms with Crippen LogP contribution in [0.15, 0.2) is 30.3 Å². The van der Waals surface area contributed by atoms with Crippen molar-refractivity contribution in [2.24, 2.45) is 0 Å². The second-order valence-corrected chi connectivity index (χ2v) is 4.18. The van der Waals surface area contributed by atoms with Gasteiger partial charge in [0.2, 0.25) is 0 Å². The fourth-order valence-electron chi connectivity index (χ4n) is 1.51. The third kappa shape index (κ3) is 7.56. The quantitative estimate of drug-likeness (QED) is 0.509. The summed E-state index contributed by atoms with van der Waals surface area (Å²) >= 11 is 0. The molecular weight excluding hydrogens is 246 g/mol. The molecule has 5 heteroatoms. The van der Waals surface area contributed by atoms with E-state index in [2.05, 4.69) is 10.1 Å². The Morgan fingerprint density at radius 3 is 2.79 bits per heavy atom. The predicted molar refractivity (Wildman–Crippen MR) is 71.6 cm³/mol. The summed E-state index contributed by atoms with van der Waals surface area (Å²) in [6, 6.07) is 9.79. The molecule has 0 saturated heterocycles. The van der Waals surface area contributed by atoms with E-state index in [1.807, 2.05) is 30.3 Å². The smallest absolute Gasteiger partial charge is 0.306 e. The third-order valence-corrected chi connectivity index (χ3v) is 2.54. The highest BCUT2D eigenvalue weighted by Crippen LogP contribution is 2.00. The first-order valence-electron chi connectivity index (χ1n) is 6.29. The summed E-state index contributed by atoms with van der Waals surface area (Å²) in [5, 5.41) is 12.6. The van der Waals surface area contributed by atoms with Crippen LogP contribution in [0, 0.1) is 0 Å². The highest BCUT2D eigenvalue weighted by Gasteiger charge is 2.05. The zero-order valence-electron chi connectivity index (χ0n) is 11.2. The summed E-state index contributed by atoms with van der Waals surface area (Å²) in [7, 11) is 1.36. The van der Waals surface area contributed by atoms with E-state index in [0.29, 0.717) is 26.1 Å². The van der Waals surface area contributed by atoms with E-state index in [1.165, 1.54) is 7.11 Å². The minimum atomic E-state index is -0.582. The zero-order chi connectivity index (χ0) is 13.9. The van der Waals surface area contributed by atoms with Crippen LogP contribution in [0.4, 0.5) is 0 Å². The van der Waals surface area contributed by atoms with E-state index >= 15 is 0 Å². The van der Waals surface area contributed by atoms with Gasteiger partial charge >= 0.3 is 5.97 Å². The van der Waals surface area contributed by atoms with Crippen molar-refractivity contribution in [3.8, 4) is 0 Å². The number of esters is 1. The van der Waals surface area contributed by atoms with E-state index in [9.17, 15) is 9.90 Å². The number of hydrogen-bond donors (Lipinski definition) is 2. The molecule has 0 fully saturated rings. The molecule has 1 atom stereocenters. The van der Waals surface area contributed by atoms with Gasteiger partial charge in [-0.05, 0) is 5.56 Å². The molecule has 0 heterocycles. The van der Waals surface area contributed by atoms with Crippen molar-refractivity contribution in [3.63, 3.8) is 0 Å². The molecule has 0 aliphatic heterocycles. The molecule has 1 unspecified atom stereocenters. The largest absolute Gasteiger partial charge is 0.469 e. The summed E-state index contributed by atoms with van der Waals surface area (Å²) in [6.07, 6.45) is -0.282. The van der Waals surface area contributed by atoms with Gasteiger partial charge in [-0.1, -0.05) is 30.3 Å². The van der Waals surface area contributed by atoms with Crippen LogP contribution in [-0.2, 0) is 20.9 Å². The molecule has 0 aliphatic rings. The molecule has 1 rings (SSSR count). The number of rotatable bonds is 9. The van der Waals surface area contributed by atoms with Gasteiger partial charge in [0.25, 0.3) is 0 Å². The second kappa shape index (κ2) is 9.49. The Morgan fingerprint density at radius 2 is 2.11 bits per heavy atom. The van der Waals surface area contributed by atoms with Gasteiger partial charge in [-0.2, -0.15) is 0 Å². The summed E-state index contributed by atoms with van der Waals surface area (Å²) < 4.78 is 9.90. The molecule has 106 valence electrons. The molecule has 1 aromatic rings. The second-order valence-electron chi connectivity index (χ2n) is 4.18. The zero-order valence-corrected chi connectivity index (χ0v) is 11.2. The van der Waals surface area contributed by atoms with E-state index in [-0.39, 0.29) is 12.6 Å². The minimum absolute atomic E-state index is 0.262. The Balaban J connectivity index is 2.02. The molecule has 0 amide bonds. The van der Waals surface area contributed by atoms with Crippen molar-refractivity contribution >= 4 is 5.97 Å². The average Bonchev–Trinajstić information content (AvgIpc) is 2.44. The third-order valence-electron chi connectivity index (χ3n) is 2.54. The van der Waals surface area contributed by atoms with E-state index in [0.717, 1.165) is 5.56 Å². The summed E-state index contributed by atoms with van der Waals surface area (Å²) in [5.41, 5.74) is 1.08. The molecule has 0 radical (unpaired) electrons. The van der Waals surface area contributed by atoms with Gasteiger partial charge in [-0.15, -0.1) is 0 Å². The van der Waals surface area contributed by atoms with Gasteiger partial charge in [0.05, 0.1) is 32.8 Å². The molecule has 2 N–H and O–H groups in total. The normalized spacial score (nSPS) is 12.1. The van der Waals surface area contributed by atoms with Crippen molar-refractivity contribution in [2.75, 3.05) is 26.8 Å². The Labute approximate surface area is 113 Å². The number of nitrogens with one attached hydrogen (secondary N) is 1. The first kappa shape index (κ1) is 15.6.